The van der Waals surface area contributed by atoms with Gasteiger partial charge in [-0.15, -0.1) is 0 Å². The van der Waals surface area contributed by atoms with Gasteiger partial charge in [-0.1, -0.05) is 6.92 Å². The third-order valence-electron chi connectivity index (χ3n) is 6.27. The number of methoxy groups -OCH3 is 2. The Labute approximate surface area is 207 Å². The van der Waals surface area contributed by atoms with Crippen molar-refractivity contribution < 1.29 is 23.8 Å². The average Bonchev–Trinajstić information content (AvgIpc) is 2.85. The standard InChI is InChI=1S/C26H36N4O5/c1-18-13-30(14-20-8-10-27-11-9-20)19(2)16-35-23-12-21(28-25(31)17-33-4)6-7-22(23)26(32)29(3)15-24(18)34-5/h6-12,18-19,24H,13-17H2,1-5H3,(H,28,31)/t18-,19+,24-/m0/s1. The molecule has 3 atom stereocenters. The monoisotopic (exact) mass is 484 g/mol. The van der Waals surface area contributed by atoms with Crippen molar-refractivity contribution in [3.05, 3.63) is 53.9 Å². The molecule has 0 radical (unpaired) electrons. The molecule has 0 saturated carbocycles. The van der Waals surface area contributed by atoms with Gasteiger partial charge in [0.1, 0.15) is 19.0 Å². The average molecular weight is 485 g/mol. The number of rotatable bonds is 6. The fourth-order valence-electron chi connectivity index (χ4n) is 4.20. The second-order valence-electron chi connectivity index (χ2n) is 9.07. The summed E-state index contributed by atoms with van der Waals surface area (Å²) in [5.41, 5.74) is 2.14. The Morgan fingerprint density at radius 1 is 1.17 bits per heavy atom. The van der Waals surface area contributed by atoms with Gasteiger partial charge in [-0.05, 0) is 42.7 Å². The minimum Gasteiger partial charge on any atom is -0.491 e. The van der Waals surface area contributed by atoms with Crippen molar-refractivity contribution in [3.8, 4) is 5.75 Å². The summed E-state index contributed by atoms with van der Waals surface area (Å²) in [5.74, 6) is 0.163. The number of pyridine rings is 1. The molecule has 1 aliphatic heterocycles. The first-order valence-electron chi connectivity index (χ1n) is 11.8. The molecular formula is C26H36N4O5. The molecule has 2 amide bonds. The quantitative estimate of drug-likeness (QED) is 0.674. The smallest absolute Gasteiger partial charge is 0.257 e. The van der Waals surface area contributed by atoms with Crippen molar-refractivity contribution in [2.45, 2.75) is 32.5 Å². The number of nitrogens with zero attached hydrogens (tertiary/aromatic N) is 3. The van der Waals surface area contributed by atoms with Gasteiger partial charge < -0.3 is 24.4 Å². The van der Waals surface area contributed by atoms with Crippen LogP contribution in [-0.4, -0.2) is 86.3 Å². The molecule has 2 aromatic rings. The Bertz CT molecular complexity index is 987. The molecule has 35 heavy (non-hydrogen) atoms. The fraction of sp³-hybridized carbons (Fsp3) is 0.500. The van der Waals surface area contributed by atoms with Gasteiger partial charge in [-0.3, -0.25) is 19.5 Å². The Kier molecular flexibility index (Phi) is 9.59. The highest BCUT2D eigenvalue weighted by molar-refractivity contribution is 5.98. The first-order chi connectivity index (χ1) is 16.8. The zero-order valence-electron chi connectivity index (χ0n) is 21.2. The maximum absolute atomic E-state index is 13.3. The molecule has 9 nitrogen and oxygen atoms in total. The van der Waals surface area contributed by atoms with Crippen LogP contribution in [0.5, 0.6) is 5.75 Å². The largest absolute Gasteiger partial charge is 0.491 e. The Balaban J connectivity index is 1.92. The lowest BCUT2D eigenvalue weighted by atomic mass is 10.0. The van der Waals surface area contributed by atoms with Crippen molar-refractivity contribution >= 4 is 17.5 Å². The maximum Gasteiger partial charge on any atom is 0.257 e. The first kappa shape index (κ1) is 26.6. The number of benzene rings is 1. The maximum atomic E-state index is 13.3. The van der Waals surface area contributed by atoms with E-state index in [1.807, 2.05) is 12.1 Å². The fourth-order valence-corrected chi connectivity index (χ4v) is 4.20. The molecule has 1 aromatic carbocycles. The molecule has 9 heteroatoms. The number of anilines is 1. The zero-order valence-corrected chi connectivity index (χ0v) is 21.2. The Hall–Kier alpha value is -3.01. The lowest BCUT2D eigenvalue weighted by Gasteiger charge is -2.36. The van der Waals surface area contributed by atoms with Crippen LogP contribution in [-0.2, 0) is 20.8 Å². The first-order valence-corrected chi connectivity index (χ1v) is 11.8. The number of hydrogen-bond acceptors (Lipinski definition) is 7. The molecule has 1 aromatic heterocycles. The van der Waals surface area contributed by atoms with Crippen molar-refractivity contribution in [2.24, 2.45) is 5.92 Å². The van der Waals surface area contributed by atoms with Crippen LogP contribution in [0.2, 0.25) is 0 Å². The van der Waals surface area contributed by atoms with Crippen molar-refractivity contribution in [1.82, 2.24) is 14.8 Å². The molecule has 1 N–H and O–H groups in total. The second kappa shape index (κ2) is 12.6. The van der Waals surface area contributed by atoms with E-state index in [4.69, 9.17) is 14.2 Å². The summed E-state index contributed by atoms with van der Waals surface area (Å²) in [4.78, 5) is 33.5. The van der Waals surface area contributed by atoms with Gasteiger partial charge in [0.15, 0.2) is 0 Å². The van der Waals surface area contributed by atoms with Gasteiger partial charge >= 0.3 is 0 Å². The summed E-state index contributed by atoms with van der Waals surface area (Å²) in [6.07, 6.45) is 3.46. The van der Waals surface area contributed by atoms with Gasteiger partial charge in [0.05, 0.1) is 11.7 Å². The van der Waals surface area contributed by atoms with E-state index in [-0.39, 0.29) is 36.5 Å². The van der Waals surface area contributed by atoms with E-state index in [0.29, 0.717) is 30.2 Å². The molecule has 0 bridgehead atoms. The van der Waals surface area contributed by atoms with Crippen LogP contribution in [0.3, 0.4) is 0 Å². The van der Waals surface area contributed by atoms with E-state index in [2.05, 4.69) is 29.0 Å². The molecule has 0 fully saturated rings. The number of carbonyl (C=O) groups excluding carboxylic acids is 2. The summed E-state index contributed by atoms with van der Waals surface area (Å²) < 4.78 is 16.9. The normalized spacial score (nSPS) is 21.9. The topological polar surface area (TPSA) is 93.2 Å². The van der Waals surface area contributed by atoms with E-state index in [1.54, 1.807) is 49.7 Å². The number of nitrogens with one attached hydrogen (secondary N) is 1. The van der Waals surface area contributed by atoms with E-state index in [0.717, 1.165) is 18.7 Å². The summed E-state index contributed by atoms with van der Waals surface area (Å²) in [6.45, 7) is 6.52. The molecule has 3 rings (SSSR count). The Morgan fingerprint density at radius 2 is 1.91 bits per heavy atom. The van der Waals surface area contributed by atoms with Gasteiger partial charge in [-0.2, -0.15) is 0 Å². The molecule has 2 heterocycles. The number of ether oxygens (including phenoxy) is 3. The van der Waals surface area contributed by atoms with Gasteiger partial charge in [0.25, 0.3) is 5.91 Å². The van der Waals surface area contributed by atoms with Crippen molar-refractivity contribution in [1.29, 1.82) is 0 Å². The number of hydrogen-bond donors (Lipinski definition) is 1. The van der Waals surface area contributed by atoms with E-state index in [1.165, 1.54) is 7.11 Å². The van der Waals surface area contributed by atoms with Crippen LogP contribution in [0, 0.1) is 5.92 Å². The van der Waals surface area contributed by atoms with Gasteiger partial charge in [0.2, 0.25) is 5.91 Å². The van der Waals surface area contributed by atoms with E-state index >= 15 is 0 Å². The zero-order chi connectivity index (χ0) is 25.4. The number of amides is 2. The predicted octanol–water partition coefficient (Wildman–Crippen LogP) is 2.67. The number of aromatic nitrogens is 1. The number of carbonyl (C=O) groups is 2. The highest BCUT2D eigenvalue weighted by Gasteiger charge is 2.28. The summed E-state index contributed by atoms with van der Waals surface area (Å²) in [7, 11) is 4.92. The SMILES string of the molecule is COCC(=O)Nc1ccc2c(c1)OC[C@@H](C)N(Cc1ccncc1)C[C@H](C)[C@@H](OC)CN(C)C2=O. The highest BCUT2D eigenvalue weighted by atomic mass is 16.5. The van der Waals surface area contributed by atoms with Crippen LogP contribution in [0.15, 0.2) is 42.7 Å². The van der Waals surface area contributed by atoms with Gasteiger partial charge in [0, 0.05) is 71.1 Å². The van der Waals surface area contributed by atoms with Crippen LogP contribution in [0.1, 0.15) is 29.8 Å². The number of fused-ring (bicyclic) bond motifs is 1. The van der Waals surface area contributed by atoms with Crippen LogP contribution >= 0.6 is 0 Å². The van der Waals surface area contributed by atoms with E-state index in [9.17, 15) is 9.59 Å². The molecule has 0 aliphatic carbocycles. The molecule has 0 spiro atoms. The molecule has 0 unspecified atom stereocenters. The lowest BCUT2D eigenvalue weighted by molar-refractivity contribution is -0.119. The second-order valence-corrected chi connectivity index (χ2v) is 9.07. The minimum absolute atomic E-state index is 0.0509. The third kappa shape index (κ3) is 7.24. The predicted molar refractivity (Wildman–Crippen MR) is 133 cm³/mol. The molecule has 1 aliphatic rings. The summed E-state index contributed by atoms with van der Waals surface area (Å²) >= 11 is 0. The molecule has 190 valence electrons. The van der Waals surface area contributed by atoms with Crippen LogP contribution in [0.25, 0.3) is 0 Å². The van der Waals surface area contributed by atoms with E-state index < -0.39 is 0 Å². The van der Waals surface area contributed by atoms with Gasteiger partial charge in [-0.25, -0.2) is 0 Å². The van der Waals surface area contributed by atoms with Crippen LogP contribution in [0.4, 0.5) is 5.69 Å². The lowest BCUT2D eigenvalue weighted by Crippen LogP contribution is -2.46. The van der Waals surface area contributed by atoms with Crippen LogP contribution < -0.4 is 10.1 Å². The highest BCUT2D eigenvalue weighted by Crippen LogP contribution is 2.27. The number of likely N-dealkylation sites (N-methyl/N-ethyl adjacent to an activating group) is 1. The van der Waals surface area contributed by atoms with Crippen molar-refractivity contribution in [3.63, 3.8) is 0 Å². The van der Waals surface area contributed by atoms with Crippen molar-refractivity contribution in [2.75, 3.05) is 52.9 Å². The Morgan fingerprint density at radius 3 is 2.60 bits per heavy atom. The minimum atomic E-state index is -0.280. The molecule has 0 saturated heterocycles. The molecular weight excluding hydrogens is 448 g/mol. The summed E-state index contributed by atoms with van der Waals surface area (Å²) in [6, 6.07) is 9.15. The third-order valence-corrected chi connectivity index (χ3v) is 6.27. The summed E-state index contributed by atoms with van der Waals surface area (Å²) in [5, 5.41) is 2.77.